The molecule has 2 N–H and O–H groups in total. The van der Waals surface area contributed by atoms with E-state index in [1.165, 1.54) is 17.3 Å². The molecule has 0 aromatic carbocycles. The maximum Gasteiger partial charge on any atom is 0.279 e. The van der Waals surface area contributed by atoms with E-state index in [0.717, 1.165) is 6.42 Å². The highest BCUT2D eigenvalue weighted by molar-refractivity contribution is 8.15. The minimum atomic E-state index is -0.136. The van der Waals surface area contributed by atoms with Gasteiger partial charge in [-0.2, -0.15) is 5.10 Å². The van der Waals surface area contributed by atoms with Crippen molar-refractivity contribution in [2.45, 2.75) is 12.5 Å². The minimum absolute atomic E-state index is 0.0262. The number of likely N-dealkylation sites (tertiary alicyclic amines) is 1. The highest BCUT2D eigenvalue weighted by atomic mass is 35.5. The van der Waals surface area contributed by atoms with E-state index in [0.29, 0.717) is 35.1 Å². The van der Waals surface area contributed by atoms with Crippen molar-refractivity contribution in [1.82, 2.24) is 14.7 Å². The molecule has 128 valence electrons. The third kappa shape index (κ3) is 3.80. The van der Waals surface area contributed by atoms with E-state index in [1.54, 1.807) is 34.3 Å². The molecule has 2 heterocycles. The van der Waals surface area contributed by atoms with E-state index in [4.69, 9.17) is 17.3 Å². The van der Waals surface area contributed by atoms with E-state index >= 15 is 0 Å². The van der Waals surface area contributed by atoms with Gasteiger partial charge in [0.1, 0.15) is 0 Å². The van der Waals surface area contributed by atoms with Crippen molar-refractivity contribution < 1.29 is 4.79 Å². The van der Waals surface area contributed by atoms with Crippen molar-refractivity contribution in [1.29, 1.82) is 0 Å². The molecule has 1 aliphatic rings. The lowest BCUT2D eigenvalue weighted by Crippen LogP contribution is -2.35. The molecule has 0 radical (unpaired) electrons. The number of carbonyl (C=O) groups is 1. The van der Waals surface area contributed by atoms with Crippen LogP contribution in [-0.4, -0.2) is 51.0 Å². The van der Waals surface area contributed by atoms with E-state index < -0.39 is 0 Å². The van der Waals surface area contributed by atoms with Gasteiger partial charge in [-0.05, 0) is 18.8 Å². The molecule has 1 unspecified atom stereocenters. The van der Waals surface area contributed by atoms with Crippen LogP contribution in [0, 0.1) is 0 Å². The minimum Gasteiger partial charge on any atom is -0.335 e. The summed E-state index contributed by atoms with van der Waals surface area (Å²) in [4.78, 5) is 18.8. The normalized spacial score (nSPS) is 18.8. The second kappa shape index (κ2) is 8.32. The summed E-state index contributed by atoms with van der Waals surface area (Å²) in [7, 11) is 0. The van der Waals surface area contributed by atoms with Crippen LogP contribution in [0.3, 0.4) is 0 Å². The number of carbonyl (C=O) groups excluding carboxylic acids is 1. The van der Waals surface area contributed by atoms with E-state index in [-0.39, 0.29) is 11.9 Å². The van der Waals surface area contributed by atoms with Crippen molar-refractivity contribution in [3.05, 3.63) is 36.1 Å². The first-order valence-electron chi connectivity index (χ1n) is 7.36. The molecule has 1 atom stereocenters. The molecule has 1 aromatic rings. The summed E-state index contributed by atoms with van der Waals surface area (Å²) in [6, 6.07) is 0.0262. The summed E-state index contributed by atoms with van der Waals surface area (Å²) in [6.07, 6.45) is 7.42. The Balaban J connectivity index is 2.34. The first kappa shape index (κ1) is 18.5. The average Bonchev–Trinajstić information content (AvgIpc) is 3.21. The Bertz CT molecular complexity index is 709. The zero-order valence-corrected chi connectivity index (χ0v) is 15.1. The molecule has 1 aromatic heterocycles. The summed E-state index contributed by atoms with van der Waals surface area (Å²) >= 11 is 7.23. The van der Waals surface area contributed by atoms with Crippen molar-refractivity contribution in [2.75, 3.05) is 19.3 Å². The molecule has 1 aliphatic heterocycles. The summed E-state index contributed by atoms with van der Waals surface area (Å²) in [5.74, 6) is -0.136. The second-order valence-corrected chi connectivity index (χ2v) is 6.20. The number of rotatable bonds is 4. The maximum atomic E-state index is 12.6. The molecule has 2 rings (SSSR count). The first-order valence-corrected chi connectivity index (χ1v) is 9.02. The van der Waals surface area contributed by atoms with Crippen LogP contribution in [0.1, 0.15) is 17.7 Å². The quantitative estimate of drug-likeness (QED) is 0.657. The van der Waals surface area contributed by atoms with Gasteiger partial charge in [0.2, 0.25) is 0 Å². The molecule has 8 heteroatoms. The molecular weight excluding hydrogens is 346 g/mol. The Morgan fingerprint density at radius 3 is 2.83 bits per heavy atom. The number of nitrogens with zero attached hydrogens (tertiary/aromatic N) is 4. The smallest absolute Gasteiger partial charge is 0.279 e. The summed E-state index contributed by atoms with van der Waals surface area (Å²) in [6.45, 7) is 8.65. The molecule has 1 amide bonds. The van der Waals surface area contributed by atoms with Gasteiger partial charge in [-0.15, -0.1) is 11.8 Å². The highest BCUT2D eigenvalue weighted by Gasteiger charge is 2.27. The van der Waals surface area contributed by atoms with Gasteiger partial charge in [0, 0.05) is 36.4 Å². The largest absolute Gasteiger partial charge is 0.335 e. The fourth-order valence-corrected chi connectivity index (χ4v) is 3.12. The highest BCUT2D eigenvalue weighted by Crippen LogP contribution is 2.24. The number of thioether (sulfide) groups is 1. The fourth-order valence-electron chi connectivity index (χ4n) is 2.46. The molecule has 0 aliphatic carbocycles. The second-order valence-electron chi connectivity index (χ2n) is 5.19. The number of aromatic nitrogens is 2. The predicted molar refractivity (Wildman–Crippen MR) is 103 cm³/mol. The number of hydrogen-bond donors (Lipinski definition) is 1. The summed E-state index contributed by atoms with van der Waals surface area (Å²) < 4.78 is 1.57. The average molecular weight is 366 g/mol. The molecule has 24 heavy (non-hydrogen) atoms. The van der Waals surface area contributed by atoms with Crippen LogP contribution < -0.4 is 5.73 Å². The van der Waals surface area contributed by atoms with Crippen LogP contribution in [0.25, 0.3) is 18.0 Å². The van der Waals surface area contributed by atoms with Gasteiger partial charge >= 0.3 is 0 Å². The Kier molecular flexibility index (Phi) is 6.42. The maximum absolute atomic E-state index is 12.6. The van der Waals surface area contributed by atoms with Gasteiger partial charge in [0.05, 0.1) is 17.6 Å². The lowest BCUT2D eigenvalue weighted by atomic mass is 10.2. The Morgan fingerprint density at radius 2 is 2.33 bits per heavy atom. The van der Waals surface area contributed by atoms with Crippen molar-refractivity contribution in [2.24, 2.45) is 10.7 Å². The molecule has 1 saturated heterocycles. The first-order chi connectivity index (χ1) is 11.5. The molecule has 6 nitrogen and oxygen atoms in total. The van der Waals surface area contributed by atoms with E-state index in [1.807, 2.05) is 0 Å². The van der Waals surface area contributed by atoms with Gasteiger partial charge < -0.3 is 10.6 Å². The van der Waals surface area contributed by atoms with E-state index in [2.05, 4.69) is 23.2 Å². The monoisotopic (exact) mass is 365 g/mol. The predicted octanol–water partition coefficient (Wildman–Crippen LogP) is 2.48. The zero-order chi connectivity index (χ0) is 17.7. The third-order valence-corrected chi connectivity index (χ3v) is 4.55. The van der Waals surface area contributed by atoms with Crippen molar-refractivity contribution in [3.63, 3.8) is 0 Å². The Labute approximate surface area is 150 Å². The van der Waals surface area contributed by atoms with Crippen LogP contribution >= 0.6 is 23.4 Å². The third-order valence-electron chi connectivity index (χ3n) is 3.69. The fraction of sp³-hybridized carbons (Fsp3) is 0.312. The number of halogens is 1. The van der Waals surface area contributed by atoms with Crippen molar-refractivity contribution in [3.8, 4) is 0 Å². The number of nitrogens with two attached hydrogens (primary N) is 1. The molecule has 0 bridgehead atoms. The van der Waals surface area contributed by atoms with Crippen LogP contribution in [0.5, 0.6) is 0 Å². The van der Waals surface area contributed by atoms with Crippen LogP contribution in [0.4, 0.5) is 0 Å². The van der Waals surface area contributed by atoms with E-state index in [9.17, 15) is 4.79 Å². The summed E-state index contributed by atoms with van der Waals surface area (Å²) in [5.41, 5.74) is 9.03. The number of aliphatic imine (C=N–C) groups is 1. The lowest BCUT2D eigenvalue weighted by molar-refractivity contribution is -0.122. The standard InChI is InChI=1S/C16H20ClN5OS/c1-4-14-12(9-19-22(14)5-2)13(8-17)20-15(24-3)16(23)21-7-6-11(18)10-21/h4-5,8-9,11H,1-2,6-7,10,18H2,3H3/b13-8+,20-15?. The van der Waals surface area contributed by atoms with Gasteiger partial charge in [-0.1, -0.05) is 24.8 Å². The number of hydrogen-bond acceptors (Lipinski definition) is 5. The van der Waals surface area contributed by atoms with Crippen LogP contribution in [0.2, 0.25) is 0 Å². The van der Waals surface area contributed by atoms with Gasteiger partial charge in [0.15, 0.2) is 5.04 Å². The molecule has 1 fully saturated rings. The van der Waals surface area contributed by atoms with Gasteiger partial charge in [-0.3, -0.25) is 4.79 Å². The molecular formula is C16H20ClN5OS. The van der Waals surface area contributed by atoms with Gasteiger partial charge in [0.25, 0.3) is 5.91 Å². The van der Waals surface area contributed by atoms with Gasteiger partial charge in [-0.25, -0.2) is 9.67 Å². The lowest BCUT2D eigenvalue weighted by Gasteiger charge is -2.16. The Morgan fingerprint density at radius 1 is 1.58 bits per heavy atom. The van der Waals surface area contributed by atoms with Crippen molar-refractivity contribution >= 4 is 52.3 Å². The topological polar surface area (TPSA) is 76.5 Å². The molecule has 0 saturated carbocycles. The van der Waals surface area contributed by atoms with Crippen LogP contribution in [-0.2, 0) is 4.79 Å². The zero-order valence-electron chi connectivity index (χ0n) is 13.5. The number of amides is 1. The summed E-state index contributed by atoms with van der Waals surface area (Å²) in [5, 5.41) is 4.54. The molecule has 0 spiro atoms. The SMILES string of the molecule is C=Cc1c(/C(=C\Cl)N=C(SC)C(=O)N2CCC(N)C2)cnn1C=C. The Hall–Kier alpha value is -1.83. The van der Waals surface area contributed by atoms with Crippen LogP contribution in [0.15, 0.2) is 29.9 Å².